The molecule has 2 aromatic rings. The number of aromatic nitrogens is 1. The second-order valence-electron chi connectivity index (χ2n) is 4.04. The number of hydrogen-bond donors (Lipinski definition) is 1. The van der Waals surface area contributed by atoms with Gasteiger partial charge in [0, 0.05) is 4.90 Å². The summed E-state index contributed by atoms with van der Waals surface area (Å²) in [6.45, 7) is 1.91. The van der Waals surface area contributed by atoms with Crippen LogP contribution in [0.1, 0.15) is 11.1 Å². The molecule has 0 radical (unpaired) electrons. The first-order valence-corrected chi connectivity index (χ1v) is 6.25. The largest absolute Gasteiger partial charge is 0.416 e. The molecular weight excluding hydrogens is 273 g/mol. The Morgan fingerprint density at radius 2 is 1.89 bits per heavy atom. The molecule has 1 aromatic carbocycles. The molecule has 0 bridgehead atoms. The van der Waals surface area contributed by atoms with Gasteiger partial charge in [-0.25, -0.2) is 4.98 Å². The number of nitrogens with two attached hydrogens (primary N) is 1. The molecule has 2 N–H and O–H groups in total. The molecule has 2 rings (SSSR count). The van der Waals surface area contributed by atoms with Crippen LogP contribution in [0.3, 0.4) is 0 Å². The molecule has 0 saturated carbocycles. The topological polar surface area (TPSA) is 38.9 Å². The second-order valence-corrected chi connectivity index (χ2v) is 5.13. The molecular formula is C13H11F3N2S. The first-order valence-electron chi connectivity index (χ1n) is 5.44. The van der Waals surface area contributed by atoms with Gasteiger partial charge < -0.3 is 5.73 Å². The number of halogens is 3. The smallest absolute Gasteiger partial charge is 0.384 e. The van der Waals surface area contributed by atoms with Crippen LogP contribution >= 0.6 is 11.8 Å². The predicted molar refractivity (Wildman–Crippen MR) is 69.0 cm³/mol. The minimum Gasteiger partial charge on any atom is -0.384 e. The molecule has 0 atom stereocenters. The highest BCUT2D eigenvalue weighted by atomic mass is 32.2. The van der Waals surface area contributed by atoms with Crippen molar-refractivity contribution in [2.75, 3.05) is 5.73 Å². The quantitative estimate of drug-likeness (QED) is 0.900. The van der Waals surface area contributed by atoms with Gasteiger partial charge in [0.2, 0.25) is 0 Å². The standard InChI is InChI=1S/C13H11F3N2S/c1-8-3-2-4-10(5-8)19-12-7-9(13(14,15)16)6-11(17)18-12/h2-7H,1H3,(H2,17,18). The summed E-state index contributed by atoms with van der Waals surface area (Å²) >= 11 is 1.16. The van der Waals surface area contributed by atoms with Crippen molar-refractivity contribution in [1.29, 1.82) is 0 Å². The summed E-state index contributed by atoms with van der Waals surface area (Å²) in [7, 11) is 0. The van der Waals surface area contributed by atoms with Crippen molar-refractivity contribution in [2.45, 2.75) is 23.0 Å². The summed E-state index contributed by atoms with van der Waals surface area (Å²) in [6, 6.07) is 9.29. The number of hydrogen-bond acceptors (Lipinski definition) is 3. The summed E-state index contributed by atoms with van der Waals surface area (Å²) in [4.78, 5) is 4.74. The molecule has 0 aliphatic rings. The van der Waals surface area contributed by atoms with Gasteiger partial charge >= 0.3 is 6.18 Å². The van der Waals surface area contributed by atoms with E-state index in [9.17, 15) is 13.2 Å². The minimum absolute atomic E-state index is 0.134. The van der Waals surface area contributed by atoms with Crippen LogP contribution in [0.4, 0.5) is 19.0 Å². The van der Waals surface area contributed by atoms with E-state index >= 15 is 0 Å². The lowest BCUT2D eigenvalue weighted by molar-refractivity contribution is -0.137. The van der Waals surface area contributed by atoms with E-state index in [-0.39, 0.29) is 10.8 Å². The molecule has 0 saturated heterocycles. The lowest BCUT2D eigenvalue weighted by Crippen LogP contribution is -2.07. The first kappa shape index (κ1) is 13.7. The number of alkyl halides is 3. The van der Waals surface area contributed by atoms with Gasteiger partial charge in [0.25, 0.3) is 0 Å². The van der Waals surface area contributed by atoms with E-state index in [4.69, 9.17) is 5.73 Å². The van der Waals surface area contributed by atoms with Crippen LogP contribution in [0, 0.1) is 6.92 Å². The number of nitrogen functional groups attached to an aromatic ring is 1. The van der Waals surface area contributed by atoms with Gasteiger partial charge in [0.05, 0.1) is 5.56 Å². The van der Waals surface area contributed by atoms with Gasteiger partial charge in [0.1, 0.15) is 10.8 Å². The molecule has 19 heavy (non-hydrogen) atoms. The molecule has 1 heterocycles. The number of anilines is 1. The highest BCUT2D eigenvalue weighted by molar-refractivity contribution is 7.99. The van der Waals surface area contributed by atoms with Crippen LogP contribution in [0.2, 0.25) is 0 Å². The van der Waals surface area contributed by atoms with E-state index in [0.29, 0.717) is 0 Å². The molecule has 0 aliphatic heterocycles. The molecule has 2 nitrogen and oxygen atoms in total. The van der Waals surface area contributed by atoms with Gasteiger partial charge in [-0.3, -0.25) is 0 Å². The van der Waals surface area contributed by atoms with Crippen molar-refractivity contribution in [3.8, 4) is 0 Å². The highest BCUT2D eigenvalue weighted by Crippen LogP contribution is 2.34. The third-order valence-electron chi connectivity index (χ3n) is 2.36. The summed E-state index contributed by atoms with van der Waals surface area (Å²) in [5.41, 5.74) is 5.67. The normalized spacial score (nSPS) is 11.6. The van der Waals surface area contributed by atoms with Crippen LogP contribution in [0.25, 0.3) is 0 Å². The first-order chi connectivity index (χ1) is 8.84. The number of benzene rings is 1. The van der Waals surface area contributed by atoms with E-state index in [1.54, 1.807) is 0 Å². The average molecular weight is 284 g/mol. The summed E-state index contributed by atoms with van der Waals surface area (Å²) in [6.07, 6.45) is -4.42. The fourth-order valence-corrected chi connectivity index (χ4v) is 2.51. The van der Waals surface area contributed by atoms with E-state index in [0.717, 1.165) is 34.4 Å². The van der Waals surface area contributed by atoms with E-state index in [1.165, 1.54) is 0 Å². The number of nitrogens with zero attached hydrogens (tertiary/aromatic N) is 1. The zero-order valence-electron chi connectivity index (χ0n) is 10.0. The molecule has 6 heteroatoms. The average Bonchev–Trinajstić information content (AvgIpc) is 2.26. The van der Waals surface area contributed by atoms with Crippen molar-refractivity contribution in [2.24, 2.45) is 0 Å². The molecule has 0 unspecified atom stereocenters. The Morgan fingerprint density at radius 1 is 1.16 bits per heavy atom. The van der Waals surface area contributed by atoms with E-state index in [1.807, 2.05) is 31.2 Å². The van der Waals surface area contributed by atoms with Crippen molar-refractivity contribution in [1.82, 2.24) is 4.98 Å². The van der Waals surface area contributed by atoms with Crippen molar-refractivity contribution < 1.29 is 13.2 Å². The molecule has 0 aliphatic carbocycles. The Morgan fingerprint density at radius 3 is 2.53 bits per heavy atom. The van der Waals surface area contributed by atoms with Gasteiger partial charge in [-0.05, 0) is 31.2 Å². The van der Waals surface area contributed by atoms with Crippen LogP contribution in [0.15, 0.2) is 46.3 Å². The fourth-order valence-electron chi connectivity index (χ4n) is 1.54. The minimum atomic E-state index is -4.42. The monoisotopic (exact) mass is 284 g/mol. The Hall–Kier alpha value is -1.69. The van der Waals surface area contributed by atoms with Crippen molar-refractivity contribution in [3.63, 3.8) is 0 Å². The zero-order valence-corrected chi connectivity index (χ0v) is 10.8. The van der Waals surface area contributed by atoms with E-state index in [2.05, 4.69) is 4.98 Å². The van der Waals surface area contributed by atoms with E-state index < -0.39 is 11.7 Å². The molecule has 0 amide bonds. The maximum absolute atomic E-state index is 12.7. The molecule has 1 aromatic heterocycles. The molecule has 0 spiro atoms. The van der Waals surface area contributed by atoms with Gasteiger partial charge in [-0.15, -0.1) is 0 Å². The van der Waals surface area contributed by atoms with Crippen molar-refractivity contribution >= 4 is 17.6 Å². The molecule has 100 valence electrons. The fraction of sp³-hybridized carbons (Fsp3) is 0.154. The van der Waals surface area contributed by atoms with Crippen LogP contribution < -0.4 is 5.73 Å². The SMILES string of the molecule is Cc1cccc(Sc2cc(C(F)(F)F)cc(N)n2)c1. The summed E-state index contributed by atoms with van der Waals surface area (Å²) < 4.78 is 38.0. The second kappa shape index (κ2) is 5.13. The number of aryl methyl sites for hydroxylation is 1. The summed E-state index contributed by atoms with van der Waals surface area (Å²) in [5, 5.41) is 0.234. The predicted octanol–water partition coefficient (Wildman–Crippen LogP) is 4.14. The Kier molecular flexibility index (Phi) is 3.71. The zero-order chi connectivity index (χ0) is 14.0. The number of pyridine rings is 1. The van der Waals surface area contributed by atoms with Crippen LogP contribution in [0.5, 0.6) is 0 Å². The maximum Gasteiger partial charge on any atom is 0.416 e. The highest BCUT2D eigenvalue weighted by Gasteiger charge is 2.31. The van der Waals surface area contributed by atoms with Gasteiger partial charge in [-0.1, -0.05) is 29.5 Å². The van der Waals surface area contributed by atoms with Crippen LogP contribution in [-0.2, 0) is 6.18 Å². The van der Waals surface area contributed by atoms with Crippen molar-refractivity contribution in [3.05, 3.63) is 47.5 Å². The van der Waals surface area contributed by atoms with Crippen LogP contribution in [-0.4, -0.2) is 4.98 Å². The number of rotatable bonds is 2. The third-order valence-corrected chi connectivity index (χ3v) is 3.27. The Bertz CT molecular complexity index is 597. The Balaban J connectivity index is 2.33. The van der Waals surface area contributed by atoms with Gasteiger partial charge in [0.15, 0.2) is 0 Å². The summed E-state index contributed by atoms with van der Waals surface area (Å²) in [5.74, 6) is -0.134. The lowest BCUT2D eigenvalue weighted by atomic mass is 10.2. The maximum atomic E-state index is 12.7. The Labute approximate surface area is 112 Å². The lowest BCUT2D eigenvalue weighted by Gasteiger charge is -2.09. The van der Waals surface area contributed by atoms with Gasteiger partial charge in [-0.2, -0.15) is 13.2 Å². The molecule has 0 fully saturated rings. The third kappa shape index (κ3) is 3.64.